The maximum atomic E-state index is 11.8. The number of rotatable bonds is 1. The molecular weight excluding hydrogens is 430 g/mol. The van der Waals surface area contributed by atoms with Crippen LogP contribution in [-0.4, -0.2) is 36.1 Å². The molecule has 0 radical (unpaired) electrons. The lowest BCUT2D eigenvalue weighted by Gasteiger charge is -2.16. The van der Waals surface area contributed by atoms with Crippen LogP contribution >= 0.6 is 0 Å². The number of nitrogens with two attached hydrogens (primary N) is 1. The molecule has 0 spiro atoms. The van der Waals surface area contributed by atoms with E-state index in [1.807, 2.05) is 71.7 Å². The van der Waals surface area contributed by atoms with Gasteiger partial charge in [0.2, 0.25) is 5.88 Å². The third-order valence-corrected chi connectivity index (χ3v) is 4.79. The molecule has 1 aromatic heterocycles. The number of pyridine rings is 1. The Kier molecular flexibility index (Phi) is 7.43. The number of aromatic nitrogens is 1. The molecule has 0 saturated heterocycles. The summed E-state index contributed by atoms with van der Waals surface area (Å²) in [6.45, 7) is 0.957. The van der Waals surface area contributed by atoms with Gasteiger partial charge in [-0.25, -0.2) is 9.98 Å². The zero-order valence-corrected chi connectivity index (χ0v) is 18.3. The van der Waals surface area contributed by atoms with E-state index in [1.165, 1.54) is 24.7 Å². The highest BCUT2D eigenvalue weighted by Gasteiger charge is 2.28. The van der Waals surface area contributed by atoms with Crippen LogP contribution in [0.3, 0.4) is 0 Å². The Balaban J connectivity index is 1.72. The van der Waals surface area contributed by atoms with E-state index in [0.717, 1.165) is 16.6 Å². The van der Waals surface area contributed by atoms with Crippen LogP contribution in [0, 0.1) is 0 Å². The highest BCUT2D eigenvalue weighted by Crippen LogP contribution is 2.45. The molecule has 8 nitrogen and oxygen atoms in total. The number of ether oxygens (including phenoxy) is 2. The Morgan fingerprint density at radius 1 is 1.00 bits per heavy atom. The molecule has 2 aliphatic rings. The minimum absolute atomic E-state index is 0.00960. The van der Waals surface area contributed by atoms with E-state index in [4.69, 9.17) is 15.2 Å². The highest BCUT2D eigenvalue weighted by molar-refractivity contribution is 6.42. The summed E-state index contributed by atoms with van der Waals surface area (Å²) >= 11 is 0. The first-order chi connectivity index (χ1) is 16.7. The van der Waals surface area contributed by atoms with E-state index in [9.17, 15) is 4.79 Å². The second kappa shape index (κ2) is 11.2. The van der Waals surface area contributed by atoms with E-state index < -0.39 is 5.91 Å². The number of hydrogen-bond acceptors (Lipinski definition) is 7. The number of allylic oxidation sites excluding steroid dienone is 7. The average molecular weight is 454 g/mol. The Labute approximate surface area is 197 Å². The zero-order valence-electron chi connectivity index (χ0n) is 18.3. The summed E-state index contributed by atoms with van der Waals surface area (Å²) in [5, 5.41) is 0.897. The minimum atomic E-state index is -0.698. The van der Waals surface area contributed by atoms with Gasteiger partial charge in [0.05, 0.1) is 11.8 Å². The van der Waals surface area contributed by atoms with Gasteiger partial charge in [0.25, 0.3) is 5.91 Å². The van der Waals surface area contributed by atoms with Crippen molar-refractivity contribution in [2.45, 2.75) is 0 Å². The summed E-state index contributed by atoms with van der Waals surface area (Å²) in [5.41, 5.74) is 6.92. The molecule has 2 aliphatic heterocycles. The van der Waals surface area contributed by atoms with Crippen LogP contribution < -0.4 is 20.1 Å². The number of para-hydroxylation sites is 1. The lowest BCUT2D eigenvalue weighted by Crippen LogP contribution is -2.22. The van der Waals surface area contributed by atoms with Crippen LogP contribution in [0.25, 0.3) is 10.9 Å². The van der Waals surface area contributed by atoms with Crippen molar-refractivity contribution >= 4 is 34.4 Å². The van der Waals surface area contributed by atoms with Gasteiger partial charge in [-0.05, 0) is 18.2 Å². The van der Waals surface area contributed by atoms with Crippen molar-refractivity contribution in [2.24, 2.45) is 15.7 Å². The Hall–Kier alpha value is -4.72. The molecule has 3 heterocycles. The largest absolute Gasteiger partial charge is 0.470 e. The zero-order chi connectivity index (χ0) is 23.6. The van der Waals surface area contributed by atoms with Gasteiger partial charge >= 0.3 is 0 Å². The SMILES string of the molecule is NC(=O)C1=NC=CN=CC=CC=CC=CC=CCN2COc3c2c(nc2ccccc32)OC=C1. The van der Waals surface area contributed by atoms with Gasteiger partial charge in [-0.2, -0.15) is 0 Å². The van der Waals surface area contributed by atoms with Crippen LogP contribution in [0.2, 0.25) is 0 Å². The molecule has 0 atom stereocenters. The number of carbonyl (C=O) groups excluding carboxylic acids is 1. The molecular formula is C26H23N5O3. The van der Waals surface area contributed by atoms with Crippen LogP contribution in [0.4, 0.5) is 5.69 Å². The van der Waals surface area contributed by atoms with E-state index in [1.54, 1.807) is 12.3 Å². The molecule has 4 rings (SSSR count). The molecule has 0 bridgehead atoms. The molecule has 0 saturated carbocycles. The molecule has 170 valence electrons. The summed E-state index contributed by atoms with van der Waals surface area (Å²) in [7, 11) is 0. The second-order valence-corrected chi connectivity index (χ2v) is 7.09. The monoisotopic (exact) mass is 453 g/mol. The number of nitrogens with zero attached hydrogens (tertiary/aromatic N) is 4. The number of primary amides is 1. The Bertz CT molecular complexity index is 1300. The molecule has 0 aliphatic carbocycles. The molecule has 1 amide bonds. The van der Waals surface area contributed by atoms with Gasteiger partial charge in [-0.15, -0.1) is 0 Å². The first kappa shape index (κ1) is 22.5. The fourth-order valence-electron chi connectivity index (χ4n) is 3.25. The Morgan fingerprint density at radius 3 is 2.65 bits per heavy atom. The summed E-state index contributed by atoms with van der Waals surface area (Å²) < 4.78 is 11.9. The van der Waals surface area contributed by atoms with E-state index in [0.29, 0.717) is 24.9 Å². The fraction of sp³-hybridized carbons (Fsp3) is 0.0769. The van der Waals surface area contributed by atoms with Gasteiger partial charge in [0.15, 0.2) is 12.5 Å². The molecule has 0 unspecified atom stereocenters. The molecule has 0 fully saturated rings. The van der Waals surface area contributed by atoms with Gasteiger partial charge in [-0.3, -0.25) is 9.79 Å². The first-order valence-corrected chi connectivity index (χ1v) is 10.6. The van der Waals surface area contributed by atoms with Crippen molar-refractivity contribution in [3.63, 3.8) is 0 Å². The lowest BCUT2D eigenvalue weighted by atomic mass is 10.2. The number of carbonyl (C=O) groups is 1. The standard InChI is InChI=1S/C26H23N5O3/c27-25(32)22-13-18-33-26-23-24(20-11-7-8-12-21(20)30-26)34-19-31(23)17-10-6-4-2-1-3-5-9-14-28-15-16-29-22/h1-16,18H,17,19H2,(H2,27,32). The lowest BCUT2D eigenvalue weighted by molar-refractivity contribution is -0.111. The number of anilines is 1. The first-order valence-electron chi connectivity index (χ1n) is 10.6. The molecule has 1 aromatic carbocycles. The molecule has 2 aromatic rings. The van der Waals surface area contributed by atoms with Gasteiger partial charge in [-0.1, -0.05) is 54.7 Å². The van der Waals surface area contributed by atoms with Gasteiger partial charge in [0, 0.05) is 36.6 Å². The minimum Gasteiger partial charge on any atom is -0.470 e. The number of amides is 1. The predicted molar refractivity (Wildman–Crippen MR) is 135 cm³/mol. The summed E-state index contributed by atoms with van der Waals surface area (Å²) in [5.74, 6) is 0.363. The van der Waals surface area contributed by atoms with E-state index >= 15 is 0 Å². The van der Waals surface area contributed by atoms with Gasteiger partial charge in [0.1, 0.15) is 11.4 Å². The number of hydrogen-bond donors (Lipinski definition) is 1. The van der Waals surface area contributed by atoms with Crippen molar-refractivity contribution in [1.82, 2.24) is 4.98 Å². The third-order valence-electron chi connectivity index (χ3n) is 4.79. The summed E-state index contributed by atoms with van der Waals surface area (Å²) in [6, 6.07) is 7.69. The van der Waals surface area contributed by atoms with E-state index in [-0.39, 0.29) is 5.71 Å². The Morgan fingerprint density at radius 2 is 1.79 bits per heavy atom. The van der Waals surface area contributed by atoms with Crippen molar-refractivity contribution in [3.05, 3.63) is 97.6 Å². The van der Waals surface area contributed by atoms with Crippen LogP contribution in [0.15, 0.2) is 108 Å². The predicted octanol–water partition coefficient (Wildman–Crippen LogP) is 3.99. The van der Waals surface area contributed by atoms with Crippen LogP contribution in [-0.2, 0) is 4.79 Å². The van der Waals surface area contributed by atoms with Crippen molar-refractivity contribution in [3.8, 4) is 11.6 Å². The van der Waals surface area contributed by atoms with Crippen molar-refractivity contribution < 1.29 is 14.3 Å². The van der Waals surface area contributed by atoms with Crippen LogP contribution in [0.1, 0.15) is 0 Å². The topological polar surface area (TPSA) is 102 Å². The smallest absolute Gasteiger partial charge is 0.267 e. The quantitative estimate of drug-likeness (QED) is 0.703. The maximum Gasteiger partial charge on any atom is 0.267 e. The molecule has 8 heteroatoms. The molecule has 34 heavy (non-hydrogen) atoms. The highest BCUT2D eigenvalue weighted by atomic mass is 16.5. The van der Waals surface area contributed by atoms with Crippen molar-refractivity contribution in [2.75, 3.05) is 18.2 Å². The summed E-state index contributed by atoms with van der Waals surface area (Å²) in [4.78, 5) is 26.5. The number of aliphatic imine (C=N–C) groups is 2. The van der Waals surface area contributed by atoms with Crippen LogP contribution in [0.5, 0.6) is 11.6 Å². The summed E-state index contributed by atoms with van der Waals surface area (Å²) in [6.07, 6.45) is 22.5. The van der Waals surface area contributed by atoms with Crippen molar-refractivity contribution in [1.29, 1.82) is 0 Å². The second-order valence-electron chi connectivity index (χ2n) is 7.09. The number of fused-ring (bicyclic) bond motifs is 2. The average Bonchev–Trinajstić information content (AvgIpc) is 3.27. The van der Waals surface area contributed by atoms with E-state index in [2.05, 4.69) is 15.0 Å². The third kappa shape index (κ3) is 5.55. The van der Waals surface area contributed by atoms with Gasteiger partial charge < -0.3 is 20.1 Å². The normalized spacial score (nSPS) is 16.0. The maximum absolute atomic E-state index is 11.8. The fourth-order valence-corrected chi connectivity index (χ4v) is 3.25. The number of benzene rings is 1. The molecule has 2 N–H and O–H groups in total.